The highest BCUT2D eigenvalue weighted by molar-refractivity contribution is 5.71. The minimum absolute atomic E-state index is 0.0837. The van der Waals surface area contributed by atoms with Gasteiger partial charge in [-0.3, -0.25) is 14.4 Å². The van der Waals surface area contributed by atoms with E-state index in [-0.39, 0.29) is 31.1 Å². The topological polar surface area (TPSA) is 78.9 Å². The molecule has 0 aliphatic heterocycles. The lowest BCUT2D eigenvalue weighted by Crippen LogP contribution is -2.30. The Morgan fingerprint density at radius 3 is 0.859 bits per heavy atom. The van der Waals surface area contributed by atoms with Crippen LogP contribution in [0.25, 0.3) is 0 Å². The summed E-state index contributed by atoms with van der Waals surface area (Å²) >= 11 is 0. The van der Waals surface area contributed by atoms with E-state index in [1.54, 1.807) is 0 Å². The molecule has 0 heterocycles. The number of carbonyl (C=O) groups excluding carboxylic acids is 3. The van der Waals surface area contributed by atoms with Crippen LogP contribution in [0, 0.1) is 0 Å². The Kier molecular flexibility index (Phi) is 56.3. The van der Waals surface area contributed by atoms with Gasteiger partial charge in [0.1, 0.15) is 13.2 Å². The predicted molar refractivity (Wildman–Crippen MR) is 307 cm³/mol. The van der Waals surface area contributed by atoms with Crippen LogP contribution in [0.2, 0.25) is 0 Å². The summed E-state index contributed by atoms with van der Waals surface area (Å²) in [6, 6.07) is 0. The van der Waals surface area contributed by atoms with Gasteiger partial charge in [0, 0.05) is 19.3 Å². The predicted octanol–water partition coefficient (Wildman–Crippen LogP) is 20.3. The summed E-state index contributed by atoms with van der Waals surface area (Å²) < 4.78 is 16.8. The Labute approximate surface area is 439 Å². The minimum atomic E-state index is -0.787. The molecule has 0 aliphatic rings. The van der Waals surface area contributed by atoms with Gasteiger partial charge in [-0.1, -0.05) is 279 Å². The number of carbonyl (C=O) groups is 3. The molecule has 0 rings (SSSR count). The van der Waals surface area contributed by atoms with Gasteiger partial charge in [-0.25, -0.2) is 0 Å². The molecule has 408 valence electrons. The fourth-order valence-corrected chi connectivity index (χ4v) is 8.42. The third-order valence-electron chi connectivity index (χ3n) is 12.9. The lowest BCUT2D eigenvalue weighted by atomic mass is 10.0. The molecule has 6 nitrogen and oxygen atoms in total. The van der Waals surface area contributed by atoms with Gasteiger partial charge in [-0.2, -0.15) is 0 Å². The fraction of sp³-hybridized carbons (Fsp3) is 0.738. The molecule has 0 saturated carbocycles. The first-order chi connectivity index (χ1) is 35.0. The van der Waals surface area contributed by atoms with Crippen molar-refractivity contribution in [2.24, 2.45) is 0 Å². The monoisotopic (exact) mass is 989 g/mol. The summed E-state index contributed by atoms with van der Waals surface area (Å²) in [5.74, 6) is -0.909. The van der Waals surface area contributed by atoms with Crippen molar-refractivity contribution in [3.63, 3.8) is 0 Å². The van der Waals surface area contributed by atoms with E-state index in [9.17, 15) is 14.4 Å². The Balaban J connectivity index is 4.34. The second kappa shape index (κ2) is 59.2. The summed E-state index contributed by atoms with van der Waals surface area (Å²) in [4.78, 5) is 38.1. The molecule has 1 unspecified atom stereocenters. The van der Waals surface area contributed by atoms with E-state index in [1.165, 1.54) is 141 Å². The second-order valence-electron chi connectivity index (χ2n) is 19.9. The normalized spacial score (nSPS) is 12.7. The zero-order valence-corrected chi connectivity index (χ0v) is 46.7. The van der Waals surface area contributed by atoms with Gasteiger partial charge in [-0.05, 0) is 77.0 Å². The van der Waals surface area contributed by atoms with Crippen molar-refractivity contribution in [2.45, 2.75) is 297 Å². The van der Waals surface area contributed by atoms with Gasteiger partial charge in [0.15, 0.2) is 6.10 Å². The highest BCUT2D eigenvalue weighted by atomic mass is 16.6. The zero-order valence-electron chi connectivity index (χ0n) is 46.7. The van der Waals surface area contributed by atoms with E-state index in [4.69, 9.17) is 14.2 Å². The van der Waals surface area contributed by atoms with Gasteiger partial charge in [0.05, 0.1) is 0 Å². The first-order valence-corrected chi connectivity index (χ1v) is 30.1. The Bertz CT molecular complexity index is 1370. The molecule has 0 radical (unpaired) electrons. The van der Waals surface area contributed by atoms with Gasteiger partial charge < -0.3 is 14.2 Å². The minimum Gasteiger partial charge on any atom is -0.462 e. The summed E-state index contributed by atoms with van der Waals surface area (Å²) in [5, 5.41) is 0. The molecule has 0 aromatic rings. The van der Waals surface area contributed by atoms with E-state index >= 15 is 0 Å². The van der Waals surface area contributed by atoms with Crippen molar-refractivity contribution in [3.05, 3.63) is 85.1 Å². The number of rotatable bonds is 54. The maximum absolute atomic E-state index is 12.9. The van der Waals surface area contributed by atoms with Gasteiger partial charge in [0.25, 0.3) is 0 Å². The Morgan fingerprint density at radius 1 is 0.296 bits per heavy atom. The number of ether oxygens (including phenoxy) is 3. The van der Waals surface area contributed by atoms with Crippen molar-refractivity contribution in [2.75, 3.05) is 13.2 Å². The molecule has 0 saturated heterocycles. The van der Waals surface area contributed by atoms with Crippen LogP contribution in [-0.4, -0.2) is 37.2 Å². The molecule has 0 N–H and O–H groups in total. The third kappa shape index (κ3) is 57.4. The molecule has 1 atom stereocenters. The quantitative estimate of drug-likeness (QED) is 0.0261. The van der Waals surface area contributed by atoms with Crippen molar-refractivity contribution in [1.82, 2.24) is 0 Å². The molecular weight excluding hydrogens is 877 g/mol. The van der Waals surface area contributed by atoms with E-state index in [2.05, 4.69) is 106 Å². The zero-order chi connectivity index (χ0) is 51.4. The summed E-state index contributed by atoms with van der Waals surface area (Å²) in [6.07, 6.45) is 77.3. The SMILES string of the molecule is CC/C=C\C/C=C\C/C=C\C/C=C\C/C=C\C/C=C\C/C=C\CCCCCC(=O)OCC(COC(=O)CCCCCCCCCCCC)OC(=O)CCCCCCCCCCCCCCCCCCCC. The van der Waals surface area contributed by atoms with Crippen LogP contribution in [-0.2, 0) is 28.6 Å². The second-order valence-corrected chi connectivity index (χ2v) is 19.9. The van der Waals surface area contributed by atoms with Gasteiger partial charge >= 0.3 is 17.9 Å². The number of unbranched alkanes of at least 4 members (excludes halogenated alkanes) is 29. The molecule has 0 aromatic carbocycles. The number of allylic oxidation sites excluding steroid dienone is 14. The van der Waals surface area contributed by atoms with Crippen LogP contribution in [0.5, 0.6) is 0 Å². The van der Waals surface area contributed by atoms with Crippen molar-refractivity contribution in [1.29, 1.82) is 0 Å². The average Bonchev–Trinajstić information content (AvgIpc) is 3.37. The molecular formula is C65H112O6. The average molecular weight is 990 g/mol. The van der Waals surface area contributed by atoms with E-state index in [0.29, 0.717) is 19.3 Å². The smallest absolute Gasteiger partial charge is 0.306 e. The van der Waals surface area contributed by atoms with Crippen molar-refractivity contribution < 1.29 is 28.6 Å². The Hall–Kier alpha value is -3.41. The molecule has 0 fully saturated rings. The maximum Gasteiger partial charge on any atom is 0.306 e. The lowest BCUT2D eigenvalue weighted by Gasteiger charge is -2.18. The first kappa shape index (κ1) is 67.6. The molecule has 0 bridgehead atoms. The lowest BCUT2D eigenvalue weighted by molar-refractivity contribution is -0.167. The Morgan fingerprint density at radius 2 is 0.549 bits per heavy atom. The third-order valence-corrected chi connectivity index (χ3v) is 12.9. The van der Waals surface area contributed by atoms with Gasteiger partial charge in [-0.15, -0.1) is 0 Å². The summed E-state index contributed by atoms with van der Waals surface area (Å²) in [7, 11) is 0. The molecule has 6 heteroatoms. The highest BCUT2D eigenvalue weighted by Gasteiger charge is 2.19. The van der Waals surface area contributed by atoms with E-state index < -0.39 is 6.10 Å². The summed E-state index contributed by atoms with van der Waals surface area (Å²) in [6.45, 7) is 6.51. The highest BCUT2D eigenvalue weighted by Crippen LogP contribution is 2.16. The standard InChI is InChI=1S/C65H112O6/c1-4-7-10-13-16-19-22-24-26-28-30-31-32-33-34-35-36-38-39-41-43-46-49-52-55-58-64(67)70-61-62(60-69-63(66)57-54-51-48-45-21-18-15-12-9-6-3)71-65(68)59-56-53-50-47-44-42-40-37-29-27-25-23-20-17-14-11-8-5-2/h7,10,16,19,24,26,30-31,33-34,36,38,41,43,62H,4-6,8-9,11-15,17-18,20-23,25,27-29,32,35,37,39-40,42,44-61H2,1-3H3/b10-7-,19-16-,26-24-,31-30-,34-33-,38-36-,43-41-. The molecule has 0 aromatic heterocycles. The van der Waals surface area contributed by atoms with Crippen LogP contribution >= 0.6 is 0 Å². The van der Waals surface area contributed by atoms with Crippen LogP contribution in [0.15, 0.2) is 85.1 Å². The fourth-order valence-electron chi connectivity index (χ4n) is 8.42. The van der Waals surface area contributed by atoms with E-state index in [1.807, 2.05) is 0 Å². The molecule has 0 spiro atoms. The first-order valence-electron chi connectivity index (χ1n) is 30.1. The number of esters is 3. The van der Waals surface area contributed by atoms with Crippen molar-refractivity contribution in [3.8, 4) is 0 Å². The van der Waals surface area contributed by atoms with Crippen LogP contribution in [0.4, 0.5) is 0 Å². The van der Waals surface area contributed by atoms with Crippen LogP contribution < -0.4 is 0 Å². The van der Waals surface area contributed by atoms with Crippen LogP contribution in [0.3, 0.4) is 0 Å². The largest absolute Gasteiger partial charge is 0.462 e. The number of hydrogen-bond donors (Lipinski definition) is 0. The van der Waals surface area contributed by atoms with Crippen LogP contribution in [0.1, 0.15) is 290 Å². The molecule has 71 heavy (non-hydrogen) atoms. The van der Waals surface area contributed by atoms with Gasteiger partial charge in [0.2, 0.25) is 0 Å². The number of hydrogen-bond acceptors (Lipinski definition) is 6. The summed E-state index contributed by atoms with van der Waals surface area (Å²) in [5.41, 5.74) is 0. The maximum atomic E-state index is 12.9. The van der Waals surface area contributed by atoms with E-state index in [0.717, 1.165) is 109 Å². The van der Waals surface area contributed by atoms with Crippen molar-refractivity contribution >= 4 is 17.9 Å². The molecule has 0 aliphatic carbocycles. The molecule has 0 amide bonds.